The van der Waals surface area contributed by atoms with Crippen LogP contribution in [0.5, 0.6) is 11.5 Å². The van der Waals surface area contributed by atoms with E-state index in [9.17, 15) is 9.90 Å². The van der Waals surface area contributed by atoms with E-state index in [-0.39, 0.29) is 11.4 Å². The molecule has 0 amide bonds. The van der Waals surface area contributed by atoms with Gasteiger partial charge >= 0.3 is 5.97 Å². The Labute approximate surface area is 120 Å². The lowest BCUT2D eigenvalue weighted by atomic mass is 10.3. The van der Waals surface area contributed by atoms with Gasteiger partial charge in [0.15, 0.2) is 17.3 Å². The van der Waals surface area contributed by atoms with E-state index >= 15 is 0 Å². The summed E-state index contributed by atoms with van der Waals surface area (Å²) in [6.07, 6.45) is 2.94. The molecule has 6 nitrogen and oxygen atoms in total. The van der Waals surface area contributed by atoms with Crippen molar-refractivity contribution >= 4 is 5.97 Å². The number of carbonyl (C=O) groups is 1. The third-order valence-electron chi connectivity index (χ3n) is 2.78. The van der Waals surface area contributed by atoms with Gasteiger partial charge in [-0.3, -0.25) is 0 Å². The topological polar surface area (TPSA) is 77.2 Å². The van der Waals surface area contributed by atoms with Crippen molar-refractivity contribution in [3.8, 4) is 17.3 Å². The molecule has 6 heteroatoms. The SMILES string of the molecule is O=C(O)c1c(Oc2ccccc2)cnn1-c1ccccn1. The lowest BCUT2D eigenvalue weighted by Crippen LogP contribution is -2.10. The number of hydrogen-bond acceptors (Lipinski definition) is 4. The minimum Gasteiger partial charge on any atom is -0.476 e. The number of benzene rings is 1. The molecular weight excluding hydrogens is 270 g/mol. The molecule has 1 N–H and O–H groups in total. The lowest BCUT2D eigenvalue weighted by Gasteiger charge is -2.06. The first kappa shape index (κ1) is 12.9. The molecule has 0 aliphatic rings. The van der Waals surface area contributed by atoms with Crippen LogP contribution in [0.25, 0.3) is 5.82 Å². The van der Waals surface area contributed by atoms with Crippen molar-refractivity contribution in [3.63, 3.8) is 0 Å². The number of carboxylic acids is 1. The first-order valence-corrected chi connectivity index (χ1v) is 6.21. The fourth-order valence-corrected chi connectivity index (χ4v) is 1.87. The first-order valence-electron chi connectivity index (χ1n) is 6.21. The van der Waals surface area contributed by atoms with Gasteiger partial charge in [0.05, 0.1) is 6.20 Å². The summed E-state index contributed by atoms with van der Waals surface area (Å²) < 4.78 is 6.82. The molecule has 104 valence electrons. The van der Waals surface area contributed by atoms with Gasteiger partial charge in [-0.05, 0) is 24.3 Å². The zero-order chi connectivity index (χ0) is 14.7. The number of nitrogens with zero attached hydrogens (tertiary/aromatic N) is 3. The van der Waals surface area contributed by atoms with Gasteiger partial charge in [0.1, 0.15) is 5.75 Å². The second-order valence-electron chi connectivity index (χ2n) is 4.18. The standard InChI is InChI=1S/C15H11N3O3/c19-15(20)14-12(21-11-6-2-1-3-7-11)10-17-18(14)13-8-4-5-9-16-13/h1-10H,(H,19,20). The van der Waals surface area contributed by atoms with Crippen molar-refractivity contribution in [2.45, 2.75) is 0 Å². The van der Waals surface area contributed by atoms with E-state index in [0.717, 1.165) is 0 Å². The van der Waals surface area contributed by atoms with E-state index in [1.807, 2.05) is 6.07 Å². The van der Waals surface area contributed by atoms with Crippen molar-refractivity contribution in [1.82, 2.24) is 14.8 Å². The van der Waals surface area contributed by atoms with Crippen molar-refractivity contribution < 1.29 is 14.6 Å². The molecule has 3 aromatic rings. The second kappa shape index (κ2) is 5.46. The Hall–Kier alpha value is -3.15. The number of ether oxygens (including phenoxy) is 1. The van der Waals surface area contributed by atoms with Crippen LogP contribution >= 0.6 is 0 Å². The van der Waals surface area contributed by atoms with E-state index in [1.165, 1.54) is 10.9 Å². The Balaban J connectivity index is 2.03. The summed E-state index contributed by atoms with van der Waals surface area (Å²) >= 11 is 0. The maximum atomic E-state index is 11.5. The van der Waals surface area contributed by atoms with Gasteiger partial charge < -0.3 is 9.84 Å². The Kier molecular flexibility index (Phi) is 3.34. The average molecular weight is 281 g/mol. The van der Waals surface area contributed by atoms with Crippen molar-refractivity contribution in [2.24, 2.45) is 0 Å². The molecular formula is C15H11N3O3. The third-order valence-corrected chi connectivity index (χ3v) is 2.78. The second-order valence-corrected chi connectivity index (χ2v) is 4.18. The molecule has 0 unspecified atom stereocenters. The number of para-hydroxylation sites is 1. The summed E-state index contributed by atoms with van der Waals surface area (Å²) in [5, 5.41) is 13.5. The van der Waals surface area contributed by atoms with Gasteiger partial charge in [0.2, 0.25) is 0 Å². The smallest absolute Gasteiger partial charge is 0.358 e. The van der Waals surface area contributed by atoms with Crippen molar-refractivity contribution in [2.75, 3.05) is 0 Å². The molecule has 0 aliphatic carbocycles. The number of aromatic carboxylic acids is 1. The largest absolute Gasteiger partial charge is 0.476 e. The monoisotopic (exact) mass is 281 g/mol. The van der Waals surface area contributed by atoms with Crippen LogP contribution in [-0.2, 0) is 0 Å². The normalized spacial score (nSPS) is 10.3. The molecule has 0 aliphatic heterocycles. The Morgan fingerprint density at radius 1 is 1.10 bits per heavy atom. The lowest BCUT2D eigenvalue weighted by molar-refractivity contribution is 0.0684. The molecule has 0 saturated carbocycles. The van der Waals surface area contributed by atoms with Crippen LogP contribution < -0.4 is 4.74 Å². The summed E-state index contributed by atoms with van der Waals surface area (Å²) in [5.74, 6) is -0.0122. The van der Waals surface area contributed by atoms with Gasteiger partial charge in [-0.2, -0.15) is 5.10 Å². The van der Waals surface area contributed by atoms with Gasteiger partial charge in [-0.25, -0.2) is 14.5 Å². The van der Waals surface area contributed by atoms with E-state index in [4.69, 9.17) is 4.74 Å². The highest BCUT2D eigenvalue weighted by Crippen LogP contribution is 2.26. The quantitative estimate of drug-likeness (QED) is 0.795. The van der Waals surface area contributed by atoms with Crippen LogP contribution in [0.3, 0.4) is 0 Å². The Morgan fingerprint density at radius 2 is 1.86 bits per heavy atom. The van der Waals surface area contributed by atoms with Crippen molar-refractivity contribution in [3.05, 3.63) is 66.6 Å². The molecule has 0 spiro atoms. The number of pyridine rings is 1. The molecule has 1 aromatic carbocycles. The Bertz CT molecular complexity index is 754. The number of carboxylic acid groups (broad SMARTS) is 1. The first-order chi connectivity index (χ1) is 10.3. The maximum Gasteiger partial charge on any atom is 0.358 e. The van der Waals surface area contributed by atoms with Crippen LogP contribution in [0.2, 0.25) is 0 Å². The molecule has 2 aromatic heterocycles. The summed E-state index contributed by atoms with van der Waals surface area (Å²) in [5.41, 5.74) is -0.0717. The number of hydrogen-bond donors (Lipinski definition) is 1. The van der Waals surface area contributed by atoms with Gasteiger partial charge in [0.25, 0.3) is 0 Å². The summed E-state index contributed by atoms with van der Waals surface area (Å²) in [7, 11) is 0. The fraction of sp³-hybridized carbons (Fsp3) is 0. The summed E-state index contributed by atoms with van der Waals surface area (Å²) in [4.78, 5) is 15.6. The predicted octanol–water partition coefficient (Wildman–Crippen LogP) is 2.76. The van der Waals surface area contributed by atoms with Crippen LogP contribution in [0.1, 0.15) is 10.5 Å². The highest BCUT2D eigenvalue weighted by molar-refractivity contribution is 5.89. The minimum atomic E-state index is -1.14. The van der Waals surface area contributed by atoms with Gasteiger partial charge in [-0.15, -0.1) is 0 Å². The Morgan fingerprint density at radius 3 is 2.52 bits per heavy atom. The highest BCUT2D eigenvalue weighted by atomic mass is 16.5. The molecule has 2 heterocycles. The summed E-state index contributed by atoms with van der Waals surface area (Å²) in [6.45, 7) is 0. The van der Waals surface area contributed by atoms with E-state index in [2.05, 4.69) is 10.1 Å². The zero-order valence-electron chi connectivity index (χ0n) is 10.9. The predicted molar refractivity (Wildman–Crippen MR) is 74.8 cm³/mol. The maximum absolute atomic E-state index is 11.5. The molecule has 0 bridgehead atoms. The highest BCUT2D eigenvalue weighted by Gasteiger charge is 2.21. The molecule has 0 radical (unpaired) electrons. The molecule has 21 heavy (non-hydrogen) atoms. The molecule has 0 saturated heterocycles. The zero-order valence-corrected chi connectivity index (χ0v) is 10.9. The van der Waals surface area contributed by atoms with E-state index < -0.39 is 5.97 Å². The van der Waals surface area contributed by atoms with Gasteiger partial charge in [-0.1, -0.05) is 24.3 Å². The fourth-order valence-electron chi connectivity index (χ4n) is 1.87. The third kappa shape index (κ3) is 2.59. The molecule has 0 atom stereocenters. The van der Waals surface area contributed by atoms with Crippen molar-refractivity contribution in [1.29, 1.82) is 0 Å². The van der Waals surface area contributed by atoms with Crippen LogP contribution in [0, 0.1) is 0 Å². The molecule has 3 rings (SSSR count). The van der Waals surface area contributed by atoms with Gasteiger partial charge in [0, 0.05) is 6.20 Å². The van der Waals surface area contributed by atoms with Crippen LogP contribution in [0.4, 0.5) is 0 Å². The van der Waals surface area contributed by atoms with E-state index in [1.54, 1.807) is 48.7 Å². The van der Waals surface area contributed by atoms with Crippen LogP contribution in [0.15, 0.2) is 60.9 Å². The summed E-state index contributed by atoms with van der Waals surface area (Å²) in [6, 6.07) is 14.1. The molecule has 0 fully saturated rings. The van der Waals surface area contributed by atoms with E-state index in [0.29, 0.717) is 11.6 Å². The number of aromatic nitrogens is 3. The average Bonchev–Trinajstić information content (AvgIpc) is 2.93. The van der Waals surface area contributed by atoms with Crippen LogP contribution in [-0.4, -0.2) is 25.8 Å². The number of rotatable bonds is 4. The minimum absolute atomic E-state index is 0.0717.